The molecule has 1 atom stereocenters. The van der Waals surface area contributed by atoms with E-state index in [-0.39, 0.29) is 23.5 Å². The Bertz CT molecular complexity index is 1270. The highest BCUT2D eigenvalue weighted by Gasteiger charge is 2.24. The number of carbonyl (C=O) groups is 1. The van der Waals surface area contributed by atoms with E-state index in [1.807, 2.05) is 47.0 Å². The molecule has 2 aromatic heterocycles. The van der Waals surface area contributed by atoms with Crippen LogP contribution >= 0.6 is 23.5 Å². The van der Waals surface area contributed by atoms with Crippen molar-refractivity contribution >= 4 is 29.4 Å². The summed E-state index contributed by atoms with van der Waals surface area (Å²) in [6, 6.07) is 18.1. The molecule has 1 N–H and O–H groups in total. The first-order valence-electron chi connectivity index (χ1n) is 10.4. The molecule has 0 unspecified atom stereocenters. The van der Waals surface area contributed by atoms with E-state index in [1.165, 1.54) is 23.9 Å². The zero-order chi connectivity index (χ0) is 22.6. The number of carbonyl (C=O) groups excluding carboxylic acids is 1. The highest BCUT2D eigenvalue weighted by atomic mass is 32.2. The fourth-order valence-corrected chi connectivity index (χ4v) is 5.61. The van der Waals surface area contributed by atoms with Crippen LogP contribution in [0.1, 0.15) is 18.0 Å². The smallest absolute Gasteiger partial charge is 0.230 e. The van der Waals surface area contributed by atoms with Gasteiger partial charge in [-0.25, -0.2) is 4.39 Å². The van der Waals surface area contributed by atoms with Crippen molar-refractivity contribution < 1.29 is 9.18 Å². The van der Waals surface area contributed by atoms with Crippen LogP contribution in [0.15, 0.2) is 83.1 Å². The molecule has 0 fully saturated rings. The van der Waals surface area contributed by atoms with Crippen LogP contribution < -0.4 is 5.32 Å². The van der Waals surface area contributed by atoms with Gasteiger partial charge in [-0.3, -0.25) is 14.3 Å². The number of aromatic nitrogens is 4. The second-order valence-corrected chi connectivity index (χ2v) is 9.53. The summed E-state index contributed by atoms with van der Waals surface area (Å²) in [5.41, 5.74) is 2.58. The lowest BCUT2D eigenvalue weighted by Crippen LogP contribution is -2.32. The van der Waals surface area contributed by atoms with Gasteiger partial charge >= 0.3 is 0 Å². The molecule has 1 aliphatic rings. The van der Waals surface area contributed by atoms with Crippen molar-refractivity contribution in [3.63, 3.8) is 0 Å². The Morgan fingerprint density at radius 1 is 1.15 bits per heavy atom. The maximum atomic E-state index is 13.8. The molecule has 4 aromatic rings. The van der Waals surface area contributed by atoms with Crippen LogP contribution in [-0.2, 0) is 4.79 Å². The van der Waals surface area contributed by atoms with E-state index in [4.69, 9.17) is 0 Å². The molecule has 1 aliphatic heterocycles. The van der Waals surface area contributed by atoms with E-state index in [9.17, 15) is 9.18 Å². The number of para-hydroxylation sites is 1. The quantitative estimate of drug-likeness (QED) is 0.398. The summed E-state index contributed by atoms with van der Waals surface area (Å²) in [5.74, 6) is 1.30. The maximum Gasteiger partial charge on any atom is 0.230 e. The molecule has 9 heteroatoms. The third-order valence-corrected chi connectivity index (χ3v) is 7.30. The Hall–Kier alpha value is -3.17. The Morgan fingerprint density at radius 3 is 2.85 bits per heavy atom. The Kier molecular flexibility index (Phi) is 6.41. The average Bonchev–Trinajstić information content (AvgIpc) is 3.28. The number of fused-ring (bicyclic) bond motifs is 1. The number of benzene rings is 2. The van der Waals surface area contributed by atoms with Gasteiger partial charge in [0.1, 0.15) is 5.82 Å². The molecule has 5 rings (SSSR count). The van der Waals surface area contributed by atoms with E-state index in [0.717, 1.165) is 33.9 Å². The van der Waals surface area contributed by atoms with Crippen molar-refractivity contribution in [1.82, 2.24) is 25.1 Å². The predicted molar refractivity (Wildman–Crippen MR) is 128 cm³/mol. The highest BCUT2D eigenvalue weighted by molar-refractivity contribution is 7.99. The number of thioether (sulfide) groups is 2. The number of amides is 1. The van der Waals surface area contributed by atoms with Gasteiger partial charge in [0.05, 0.1) is 11.8 Å². The molecule has 0 radical (unpaired) electrons. The summed E-state index contributed by atoms with van der Waals surface area (Å²) in [6.07, 6.45) is 4.21. The van der Waals surface area contributed by atoms with Crippen molar-refractivity contribution in [3.8, 4) is 17.1 Å². The van der Waals surface area contributed by atoms with Crippen LogP contribution in [0.5, 0.6) is 0 Å². The molecular formula is C24H20FN5OS2. The number of rotatable bonds is 6. The monoisotopic (exact) mass is 477 g/mol. The normalized spacial score (nSPS) is 15.1. The van der Waals surface area contributed by atoms with Crippen LogP contribution in [0.2, 0.25) is 0 Å². The summed E-state index contributed by atoms with van der Waals surface area (Å²) in [5, 5.41) is 12.4. The molecule has 0 saturated heterocycles. The van der Waals surface area contributed by atoms with Gasteiger partial charge < -0.3 is 5.32 Å². The maximum absolute atomic E-state index is 13.8. The lowest BCUT2D eigenvalue weighted by Gasteiger charge is -2.26. The fourth-order valence-electron chi connectivity index (χ4n) is 3.74. The zero-order valence-electron chi connectivity index (χ0n) is 17.5. The molecule has 33 heavy (non-hydrogen) atoms. The van der Waals surface area contributed by atoms with Gasteiger partial charge in [-0.2, -0.15) is 0 Å². The fraction of sp³-hybridized carbons (Fsp3) is 0.167. The predicted octanol–water partition coefficient (Wildman–Crippen LogP) is 4.91. The molecular weight excluding hydrogens is 457 g/mol. The molecule has 3 heterocycles. The van der Waals surface area contributed by atoms with E-state index in [0.29, 0.717) is 11.0 Å². The van der Waals surface area contributed by atoms with Gasteiger partial charge in [-0.15, -0.1) is 22.0 Å². The summed E-state index contributed by atoms with van der Waals surface area (Å²) < 4.78 is 15.7. The van der Waals surface area contributed by atoms with Crippen LogP contribution in [0.4, 0.5) is 4.39 Å². The van der Waals surface area contributed by atoms with Crippen LogP contribution in [0.25, 0.3) is 17.1 Å². The van der Waals surface area contributed by atoms with Crippen molar-refractivity contribution in [1.29, 1.82) is 0 Å². The number of nitrogens with one attached hydrogen (secondary N) is 1. The standard InChI is InChI=1S/C24H20FN5OS2/c25-17-8-9-21-19(13-17)20(10-12-32-21)27-22(31)15-33-24-29-28-23(16-5-4-11-26-14-16)30(24)18-6-2-1-3-7-18/h1-9,11,13-14,20H,10,12,15H2,(H,27,31)/t20-/m1/s1. The Labute approximate surface area is 199 Å². The molecule has 0 aliphatic carbocycles. The topological polar surface area (TPSA) is 72.7 Å². The first kappa shape index (κ1) is 21.7. The lowest BCUT2D eigenvalue weighted by atomic mass is 10.0. The van der Waals surface area contributed by atoms with Gasteiger partial charge in [0.25, 0.3) is 0 Å². The first-order chi connectivity index (χ1) is 16.2. The summed E-state index contributed by atoms with van der Waals surface area (Å²) >= 11 is 3.00. The number of pyridine rings is 1. The zero-order valence-corrected chi connectivity index (χ0v) is 19.2. The minimum absolute atomic E-state index is 0.127. The number of hydrogen-bond donors (Lipinski definition) is 1. The van der Waals surface area contributed by atoms with Gasteiger partial charge in [-0.1, -0.05) is 30.0 Å². The molecule has 6 nitrogen and oxygen atoms in total. The summed E-state index contributed by atoms with van der Waals surface area (Å²) in [4.78, 5) is 18.0. The number of halogens is 1. The Balaban J connectivity index is 1.35. The third-order valence-electron chi connectivity index (χ3n) is 5.25. The Morgan fingerprint density at radius 2 is 2.03 bits per heavy atom. The van der Waals surface area contributed by atoms with E-state index in [1.54, 1.807) is 30.2 Å². The highest BCUT2D eigenvalue weighted by Crippen LogP contribution is 2.36. The van der Waals surface area contributed by atoms with Crippen LogP contribution in [0, 0.1) is 5.82 Å². The molecule has 0 bridgehead atoms. The first-order valence-corrected chi connectivity index (χ1v) is 12.4. The van der Waals surface area contributed by atoms with E-state index < -0.39 is 0 Å². The SMILES string of the molecule is O=C(CSc1nnc(-c2cccnc2)n1-c1ccccc1)N[C@@H]1CCSc2ccc(F)cc21. The average molecular weight is 478 g/mol. The number of nitrogens with zero attached hydrogens (tertiary/aromatic N) is 4. The third kappa shape index (κ3) is 4.79. The van der Waals surface area contributed by atoms with Crippen LogP contribution in [-0.4, -0.2) is 37.2 Å². The lowest BCUT2D eigenvalue weighted by molar-refractivity contribution is -0.119. The van der Waals surface area contributed by atoms with Gasteiger partial charge in [0, 0.05) is 34.3 Å². The summed E-state index contributed by atoms with van der Waals surface area (Å²) in [7, 11) is 0. The van der Waals surface area contributed by atoms with Crippen molar-refractivity contribution in [2.24, 2.45) is 0 Å². The van der Waals surface area contributed by atoms with Gasteiger partial charge in [0.2, 0.25) is 5.91 Å². The molecule has 1 amide bonds. The van der Waals surface area contributed by atoms with Gasteiger partial charge in [0.15, 0.2) is 11.0 Å². The van der Waals surface area contributed by atoms with E-state index in [2.05, 4.69) is 20.5 Å². The van der Waals surface area contributed by atoms with Crippen molar-refractivity contribution in [2.75, 3.05) is 11.5 Å². The van der Waals surface area contributed by atoms with Crippen molar-refractivity contribution in [2.45, 2.75) is 22.5 Å². The van der Waals surface area contributed by atoms with E-state index >= 15 is 0 Å². The van der Waals surface area contributed by atoms with Crippen LogP contribution in [0.3, 0.4) is 0 Å². The molecule has 0 spiro atoms. The number of hydrogen-bond acceptors (Lipinski definition) is 6. The molecule has 166 valence electrons. The molecule has 0 saturated carbocycles. The minimum atomic E-state index is -0.288. The second kappa shape index (κ2) is 9.76. The van der Waals surface area contributed by atoms with Gasteiger partial charge in [-0.05, 0) is 54.4 Å². The molecule has 2 aromatic carbocycles. The summed E-state index contributed by atoms with van der Waals surface area (Å²) in [6.45, 7) is 0. The minimum Gasteiger partial charge on any atom is -0.348 e. The second-order valence-electron chi connectivity index (χ2n) is 7.45. The largest absolute Gasteiger partial charge is 0.348 e. The van der Waals surface area contributed by atoms with Crippen molar-refractivity contribution in [3.05, 3.63) is 84.4 Å².